The minimum atomic E-state index is -0.566. The number of ether oxygens (including phenoxy) is 14. The smallest absolute Gasteiger partial charge is 0.227 e. The minimum Gasteiger partial charge on any atom is -0.379 e. The number of nitrogens with zero attached hydrogens (tertiary/aromatic N) is 1. The minimum absolute atomic E-state index is 0.0612. The van der Waals surface area contributed by atoms with Crippen LogP contribution in [0.5, 0.6) is 0 Å². The summed E-state index contributed by atoms with van der Waals surface area (Å²) in [4.78, 5) is 65.5. The van der Waals surface area contributed by atoms with Gasteiger partial charge in [0.25, 0.3) is 0 Å². The topological polar surface area (TPSA) is 266 Å². The molecule has 1 heterocycles. The fraction of sp³-hybridized carbons (Fsp3) is 0.623. The molecule has 3 rings (SSSR count). The predicted octanol–water partition coefficient (Wildman–Crippen LogP) is 1.99. The lowest BCUT2D eigenvalue weighted by atomic mass is 10.0. The third-order valence-corrected chi connectivity index (χ3v) is 11.8. The van der Waals surface area contributed by atoms with Gasteiger partial charge in [0.1, 0.15) is 13.2 Å². The Bertz CT molecular complexity index is 2150. The van der Waals surface area contributed by atoms with Crippen LogP contribution in [0.3, 0.4) is 0 Å². The molecule has 0 aliphatic carbocycles. The maximum atomic E-state index is 13.4. The quantitative estimate of drug-likeness (QED) is 0.0545. The second-order valence-electron chi connectivity index (χ2n) is 18.4. The monoisotopic (exact) mass is 1200 g/mol. The SMILES string of the molecule is C#CCOCCOCCOCCOCCNC(=O)CCOCC(COCCC(=O)NCCOCCOCCOCCOCC#C)NC(=O)CCOCCOCCOCCOCCNC(=O)CCC(=O)N1Cc2ccccc2/C=C\c2ccccc21. The Hall–Kier alpha value is -5.91. The van der Waals surface area contributed by atoms with Gasteiger partial charge in [-0.3, -0.25) is 24.0 Å². The van der Waals surface area contributed by atoms with Gasteiger partial charge < -0.3 is 92.5 Å². The molecule has 5 amide bonds. The van der Waals surface area contributed by atoms with Crippen LogP contribution in [0.2, 0.25) is 0 Å². The Labute approximate surface area is 501 Å². The lowest BCUT2D eigenvalue weighted by molar-refractivity contribution is -0.126. The molecule has 4 N–H and O–H groups in total. The molecule has 0 bridgehead atoms. The van der Waals surface area contributed by atoms with Crippen molar-refractivity contribution in [1.82, 2.24) is 21.3 Å². The van der Waals surface area contributed by atoms with Gasteiger partial charge in [0.15, 0.2) is 0 Å². The van der Waals surface area contributed by atoms with Crippen LogP contribution >= 0.6 is 0 Å². The molecular formula is C61H91N5O19. The van der Waals surface area contributed by atoms with E-state index in [1.54, 1.807) is 4.90 Å². The maximum Gasteiger partial charge on any atom is 0.227 e. The number of carbonyl (C=O) groups is 5. The van der Waals surface area contributed by atoms with Crippen LogP contribution in [0, 0.1) is 24.7 Å². The molecule has 0 saturated carbocycles. The molecule has 0 saturated heterocycles. The van der Waals surface area contributed by atoms with E-state index in [9.17, 15) is 24.0 Å². The molecule has 474 valence electrons. The van der Waals surface area contributed by atoms with Crippen molar-refractivity contribution in [2.45, 2.75) is 44.7 Å². The van der Waals surface area contributed by atoms with Gasteiger partial charge in [-0.2, -0.15) is 0 Å². The van der Waals surface area contributed by atoms with Crippen molar-refractivity contribution in [3.8, 4) is 24.7 Å². The number of carbonyl (C=O) groups excluding carboxylic acids is 5. The molecule has 85 heavy (non-hydrogen) atoms. The largest absolute Gasteiger partial charge is 0.379 e. The summed E-state index contributed by atoms with van der Waals surface area (Å²) in [6, 6.07) is 15.1. The summed E-state index contributed by atoms with van der Waals surface area (Å²) in [6.07, 6.45) is 14.7. The van der Waals surface area contributed by atoms with Crippen molar-refractivity contribution < 1.29 is 90.3 Å². The Morgan fingerprint density at radius 1 is 0.400 bits per heavy atom. The van der Waals surface area contributed by atoms with E-state index in [0.717, 1.165) is 22.4 Å². The molecule has 2 aromatic carbocycles. The lowest BCUT2D eigenvalue weighted by Crippen LogP contribution is -2.42. The van der Waals surface area contributed by atoms with E-state index in [1.165, 1.54) is 0 Å². The number of terminal acetylenes is 2. The Morgan fingerprint density at radius 3 is 1.21 bits per heavy atom. The number of nitrogens with one attached hydrogen (secondary N) is 4. The van der Waals surface area contributed by atoms with E-state index in [4.69, 9.17) is 79.2 Å². The van der Waals surface area contributed by atoms with E-state index in [0.29, 0.717) is 158 Å². The van der Waals surface area contributed by atoms with Crippen LogP contribution in [0.1, 0.15) is 48.8 Å². The number of hydrogen-bond donors (Lipinski definition) is 4. The lowest BCUT2D eigenvalue weighted by Gasteiger charge is -2.27. The molecule has 24 nitrogen and oxygen atoms in total. The average molecular weight is 1200 g/mol. The fourth-order valence-electron chi connectivity index (χ4n) is 7.50. The van der Waals surface area contributed by atoms with Crippen molar-refractivity contribution in [2.24, 2.45) is 0 Å². The zero-order valence-electron chi connectivity index (χ0n) is 49.4. The second-order valence-corrected chi connectivity index (χ2v) is 18.4. The molecule has 0 unspecified atom stereocenters. The molecule has 1 aliphatic heterocycles. The highest BCUT2D eigenvalue weighted by atomic mass is 16.6. The van der Waals surface area contributed by atoms with Crippen molar-refractivity contribution in [3.63, 3.8) is 0 Å². The van der Waals surface area contributed by atoms with Crippen LogP contribution in [0.25, 0.3) is 12.2 Å². The first-order valence-electron chi connectivity index (χ1n) is 29.0. The Balaban J connectivity index is 1.20. The average Bonchev–Trinajstić information content (AvgIpc) is 3.38. The fourth-order valence-corrected chi connectivity index (χ4v) is 7.50. The molecule has 24 heteroatoms. The van der Waals surface area contributed by atoms with Gasteiger partial charge in [-0.25, -0.2) is 0 Å². The third-order valence-electron chi connectivity index (χ3n) is 11.8. The van der Waals surface area contributed by atoms with Crippen LogP contribution in [-0.4, -0.2) is 240 Å². The van der Waals surface area contributed by atoms with E-state index >= 15 is 0 Å². The van der Waals surface area contributed by atoms with Gasteiger partial charge in [-0.05, 0) is 22.8 Å². The number of hydrogen-bond acceptors (Lipinski definition) is 19. The van der Waals surface area contributed by atoms with E-state index in [2.05, 4.69) is 39.2 Å². The molecule has 1 aliphatic rings. The van der Waals surface area contributed by atoms with Gasteiger partial charge in [-0.15, -0.1) is 12.8 Å². The first-order valence-corrected chi connectivity index (χ1v) is 29.0. The summed E-state index contributed by atoms with van der Waals surface area (Å²) in [5.41, 5.74) is 3.84. The van der Waals surface area contributed by atoms with E-state index in [-0.39, 0.29) is 114 Å². The van der Waals surface area contributed by atoms with Crippen LogP contribution < -0.4 is 26.2 Å². The summed E-state index contributed by atoms with van der Waals surface area (Å²) in [6.45, 7) is 10.1. The standard InChI is InChI=1S/C61H91N5O19/c1-3-23-72-31-37-78-43-46-81-41-35-76-29-21-63-58(68)17-26-84-50-55(51-85-27-18-59(69)64-22-30-77-36-42-82-47-44-79-38-32-73-24-4-2)65-60(70)19-25-74-33-39-80-45-48-83-40-34-75-28-20-62-57(67)15-16-61(71)66-49-54-11-6-5-9-52(54)13-14-53-10-7-8-12-56(53)66/h1-2,5-14,55H,15-51H2,(H,62,67)(H,63,68)(H,64,69)(H,65,70)/b14-13-. The molecule has 0 aromatic heterocycles. The first kappa shape index (κ1) is 73.3. The number of rotatable bonds is 55. The summed E-state index contributed by atoms with van der Waals surface area (Å²) >= 11 is 0. The summed E-state index contributed by atoms with van der Waals surface area (Å²) in [7, 11) is 0. The highest BCUT2D eigenvalue weighted by Crippen LogP contribution is 2.29. The number of fused-ring (bicyclic) bond motifs is 2. The van der Waals surface area contributed by atoms with Gasteiger partial charge in [0.05, 0.1) is 190 Å². The maximum absolute atomic E-state index is 13.4. The van der Waals surface area contributed by atoms with Gasteiger partial charge >= 0.3 is 0 Å². The number of amides is 5. The summed E-state index contributed by atoms with van der Waals surface area (Å²) < 4.78 is 76.7. The van der Waals surface area contributed by atoms with Crippen molar-refractivity contribution in [3.05, 3.63) is 65.2 Å². The van der Waals surface area contributed by atoms with Crippen molar-refractivity contribution in [1.29, 1.82) is 0 Å². The molecule has 0 radical (unpaired) electrons. The van der Waals surface area contributed by atoms with Crippen molar-refractivity contribution >= 4 is 47.4 Å². The molecule has 0 spiro atoms. The Morgan fingerprint density at radius 2 is 0.753 bits per heavy atom. The number of para-hydroxylation sites is 1. The van der Waals surface area contributed by atoms with Gasteiger partial charge in [-0.1, -0.05) is 66.5 Å². The zero-order valence-corrected chi connectivity index (χ0v) is 49.4. The predicted molar refractivity (Wildman–Crippen MR) is 316 cm³/mol. The Kier molecular flexibility index (Phi) is 45.2. The molecule has 0 fully saturated rings. The number of benzene rings is 2. The van der Waals surface area contributed by atoms with E-state index < -0.39 is 6.04 Å². The van der Waals surface area contributed by atoms with Crippen LogP contribution in [0.15, 0.2) is 48.5 Å². The van der Waals surface area contributed by atoms with Gasteiger partial charge in [0.2, 0.25) is 29.5 Å². The molecule has 2 aromatic rings. The van der Waals surface area contributed by atoms with E-state index in [1.807, 2.05) is 54.6 Å². The number of anilines is 1. The summed E-state index contributed by atoms with van der Waals surface area (Å²) in [5, 5.41) is 11.3. The van der Waals surface area contributed by atoms with Gasteiger partial charge in [0, 0.05) is 51.7 Å². The normalized spacial score (nSPS) is 12.1. The summed E-state index contributed by atoms with van der Waals surface area (Å²) in [5.74, 6) is 3.68. The highest BCUT2D eigenvalue weighted by Gasteiger charge is 2.22. The van der Waals surface area contributed by atoms with Crippen LogP contribution in [0.4, 0.5) is 5.69 Å². The zero-order chi connectivity index (χ0) is 60.7. The third kappa shape index (κ3) is 40.2. The molecular weight excluding hydrogens is 1110 g/mol. The van der Waals surface area contributed by atoms with Crippen LogP contribution in [-0.2, 0) is 96.8 Å². The first-order chi connectivity index (χ1) is 41.8. The molecule has 0 atom stereocenters. The second kappa shape index (κ2) is 52.4. The highest BCUT2D eigenvalue weighted by molar-refractivity contribution is 5.98. The van der Waals surface area contributed by atoms with Crippen molar-refractivity contribution in [2.75, 3.05) is 210 Å².